The highest BCUT2D eigenvalue weighted by Gasteiger charge is 2.34. The average Bonchev–Trinajstić information content (AvgIpc) is 3.72. The number of nitrogens with zero attached hydrogens (tertiary/aromatic N) is 3. The predicted molar refractivity (Wildman–Crippen MR) is 188 cm³/mol. The van der Waals surface area contributed by atoms with Crippen LogP contribution in [0.25, 0.3) is 22.3 Å². The second-order valence-electron chi connectivity index (χ2n) is 12.4. The lowest BCUT2D eigenvalue weighted by molar-refractivity contribution is -0.143. The Kier molecular flexibility index (Phi) is 9.96. The number of benzene rings is 3. The van der Waals surface area contributed by atoms with Gasteiger partial charge in [-0.1, -0.05) is 24.3 Å². The molecule has 1 aliphatic rings. The van der Waals surface area contributed by atoms with Crippen LogP contribution in [0.1, 0.15) is 56.1 Å². The fourth-order valence-electron chi connectivity index (χ4n) is 6.06. The molecule has 0 amide bonds. The standard InChI is InChI=1S/C37H40F2N6O3S/c1-5-47-33(46)12-9-23-7-6-8-24(17-23)37(3)14-16-49-21-31(40)22(2)42-20-28-26-13-15-41-32(26)19-30(39)34(28)48-25-10-11-29(38)27(18-25)35-43-36(37)44-45(35)4/h6-8,10-11,13,15,17-19,41-42H,5,9,12,14,16,20-21,40H2,1-4H3/b31-22-. The van der Waals surface area contributed by atoms with Gasteiger partial charge in [0.2, 0.25) is 0 Å². The summed E-state index contributed by atoms with van der Waals surface area (Å²) in [5.74, 6) is 1.09. The zero-order chi connectivity index (χ0) is 34.7. The van der Waals surface area contributed by atoms with Crippen LogP contribution in [0.2, 0.25) is 0 Å². The first-order valence-corrected chi connectivity index (χ1v) is 17.4. The van der Waals surface area contributed by atoms with Gasteiger partial charge in [-0.2, -0.15) is 16.9 Å². The van der Waals surface area contributed by atoms with Gasteiger partial charge in [-0.3, -0.25) is 4.79 Å². The number of fused-ring (bicyclic) bond motifs is 8. The van der Waals surface area contributed by atoms with E-state index in [9.17, 15) is 4.79 Å². The molecule has 3 heterocycles. The van der Waals surface area contributed by atoms with Crippen LogP contribution in [0.15, 0.2) is 72.2 Å². The Balaban J connectivity index is 1.44. The minimum atomic E-state index is -0.672. The molecule has 0 radical (unpaired) electrons. The monoisotopic (exact) mass is 686 g/mol. The first-order valence-electron chi connectivity index (χ1n) is 16.3. The summed E-state index contributed by atoms with van der Waals surface area (Å²) < 4.78 is 44.1. The van der Waals surface area contributed by atoms with Crippen LogP contribution in [0, 0.1) is 11.6 Å². The predicted octanol–water partition coefficient (Wildman–Crippen LogP) is 7.25. The Bertz CT molecular complexity index is 2040. The van der Waals surface area contributed by atoms with Gasteiger partial charge in [-0.05, 0) is 74.8 Å². The Labute approximate surface area is 288 Å². The summed E-state index contributed by atoms with van der Waals surface area (Å²) in [5, 5.41) is 9.00. The van der Waals surface area contributed by atoms with E-state index in [1.54, 1.807) is 36.6 Å². The molecule has 0 saturated heterocycles. The third-order valence-electron chi connectivity index (χ3n) is 9.02. The minimum Gasteiger partial charge on any atom is -0.466 e. The molecule has 0 fully saturated rings. The number of hydrogen-bond acceptors (Lipinski definition) is 8. The lowest BCUT2D eigenvalue weighted by Gasteiger charge is -2.28. The van der Waals surface area contributed by atoms with E-state index in [0.717, 1.165) is 28.0 Å². The lowest BCUT2D eigenvalue weighted by Crippen LogP contribution is -2.27. The second-order valence-corrected chi connectivity index (χ2v) is 13.5. The Morgan fingerprint density at radius 3 is 2.82 bits per heavy atom. The van der Waals surface area contributed by atoms with Crippen molar-refractivity contribution in [2.45, 2.75) is 52.0 Å². The van der Waals surface area contributed by atoms with Crippen LogP contribution < -0.4 is 15.8 Å². The number of aryl methyl sites for hydroxylation is 2. The molecular weight excluding hydrogens is 647 g/mol. The maximum absolute atomic E-state index is 15.6. The largest absolute Gasteiger partial charge is 0.466 e. The average molecular weight is 687 g/mol. The number of carbonyl (C=O) groups excluding carboxylic acids is 1. The van der Waals surface area contributed by atoms with Gasteiger partial charge in [0.15, 0.2) is 23.2 Å². The van der Waals surface area contributed by atoms with Crippen LogP contribution in [0.3, 0.4) is 0 Å². The molecule has 4 N–H and O–H groups in total. The fourth-order valence-corrected chi connectivity index (χ4v) is 7.19. The third-order valence-corrected chi connectivity index (χ3v) is 10.0. The van der Waals surface area contributed by atoms with Crippen LogP contribution in [-0.4, -0.2) is 43.8 Å². The van der Waals surface area contributed by atoms with Gasteiger partial charge in [-0.15, -0.1) is 0 Å². The number of allylic oxidation sites excluding steroid dienone is 1. The molecule has 0 saturated carbocycles. The summed E-state index contributed by atoms with van der Waals surface area (Å²) in [7, 11) is 1.73. The number of nitrogens with two attached hydrogens (primary N) is 1. The smallest absolute Gasteiger partial charge is 0.306 e. The maximum atomic E-state index is 15.6. The highest BCUT2D eigenvalue weighted by molar-refractivity contribution is 7.99. The van der Waals surface area contributed by atoms with Crippen molar-refractivity contribution >= 4 is 28.6 Å². The highest BCUT2D eigenvalue weighted by atomic mass is 32.2. The van der Waals surface area contributed by atoms with Gasteiger partial charge in [-0.25, -0.2) is 18.4 Å². The van der Waals surface area contributed by atoms with E-state index >= 15 is 8.78 Å². The van der Waals surface area contributed by atoms with Crippen molar-refractivity contribution in [3.05, 3.63) is 106 Å². The number of rotatable bonds is 5. The molecule has 1 unspecified atom stereocenters. The van der Waals surface area contributed by atoms with E-state index in [-0.39, 0.29) is 36.0 Å². The van der Waals surface area contributed by atoms with E-state index in [4.69, 9.17) is 25.3 Å². The number of ether oxygens (including phenoxy) is 2. The molecule has 6 rings (SSSR count). The van der Waals surface area contributed by atoms with Crippen LogP contribution in [0.5, 0.6) is 11.5 Å². The maximum Gasteiger partial charge on any atom is 0.306 e. The van der Waals surface area contributed by atoms with Gasteiger partial charge in [0.05, 0.1) is 17.6 Å². The molecule has 1 atom stereocenters. The molecule has 9 nitrogen and oxygen atoms in total. The first-order chi connectivity index (χ1) is 23.6. The Hall–Kier alpha value is -4.84. The Morgan fingerprint density at radius 2 is 2.00 bits per heavy atom. The zero-order valence-corrected chi connectivity index (χ0v) is 28.8. The summed E-state index contributed by atoms with van der Waals surface area (Å²) in [5.41, 5.74) is 10.7. The zero-order valence-electron chi connectivity index (χ0n) is 28.0. The third kappa shape index (κ3) is 7.15. The van der Waals surface area contributed by atoms with Crippen molar-refractivity contribution in [2.24, 2.45) is 12.8 Å². The number of nitrogens with one attached hydrogen (secondary N) is 2. The number of carbonyl (C=O) groups is 1. The van der Waals surface area contributed by atoms with Gasteiger partial charge in [0.1, 0.15) is 11.6 Å². The van der Waals surface area contributed by atoms with Gasteiger partial charge in [0.25, 0.3) is 0 Å². The summed E-state index contributed by atoms with van der Waals surface area (Å²) in [4.78, 5) is 20.1. The quantitative estimate of drug-likeness (QED) is 0.166. The van der Waals surface area contributed by atoms with Crippen molar-refractivity contribution in [3.8, 4) is 22.9 Å². The molecule has 12 heteroatoms. The van der Waals surface area contributed by atoms with Gasteiger partial charge in [0, 0.05) is 65.9 Å². The van der Waals surface area contributed by atoms with E-state index < -0.39 is 17.0 Å². The SMILES string of the molecule is CCOC(=O)CCc1cccc(C2(C)CCSC/C(N)=C(\C)NCc3c(c(F)cc4[nH]ccc34)Oc3ccc(F)c(c3)-c3nc2nn3C)c1. The Morgan fingerprint density at radius 1 is 1.16 bits per heavy atom. The number of H-pyrrole nitrogens is 1. The van der Waals surface area contributed by atoms with Crippen LogP contribution in [-0.2, 0) is 35.0 Å². The lowest BCUT2D eigenvalue weighted by atomic mass is 9.78. The number of hydrogen-bond donors (Lipinski definition) is 3. The second kappa shape index (κ2) is 14.3. The van der Waals surface area contributed by atoms with Gasteiger partial charge < -0.3 is 25.5 Å². The van der Waals surface area contributed by atoms with Crippen LogP contribution in [0.4, 0.5) is 8.78 Å². The van der Waals surface area contributed by atoms with E-state index in [2.05, 4.69) is 23.3 Å². The molecular formula is C37H40F2N6O3S. The molecule has 5 aromatic rings. The van der Waals surface area contributed by atoms with Crippen molar-refractivity contribution in [3.63, 3.8) is 0 Å². The molecule has 0 spiro atoms. The van der Waals surface area contributed by atoms with Crippen molar-refractivity contribution in [1.29, 1.82) is 0 Å². The van der Waals surface area contributed by atoms with Crippen LogP contribution >= 0.6 is 11.8 Å². The highest BCUT2D eigenvalue weighted by Crippen LogP contribution is 2.39. The minimum absolute atomic E-state index is 0.0353. The molecule has 0 aliphatic carbocycles. The normalized spacial score (nSPS) is 18.6. The van der Waals surface area contributed by atoms with Crippen molar-refractivity contribution in [1.82, 2.24) is 25.1 Å². The number of aromatic nitrogens is 4. The molecule has 49 heavy (non-hydrogen) atoms. The molecule has 4 bridgehead atoms. The molecule has 3 aromatic carbocycles. The van der Waals surface area contributed by atoms with Crippen molar-refractivity contribution in [2.75, 3.05) is 18.1 Å². The first kappa shape index (κ1) is 34.0. The van der Waals surface area contributed by atoms with Gasteiger partial charge >= 0.3 is 5.97 Å². The number of aromatic amines is 1. The summed E-state index contributed by atoms with van der Waals surface area (Å²) in [6, 6.07) is 15.6. The molecule has 256 valence electrons. The van der Waals surface area contributed by atoms with E-state index in [0.29, 0.717) is 53.6 Å². The van der Waals surface area contributed by atoms with Crippen molar-refractivity contribution < 1.29 is 23.0 Å². The molecule has 2 aromatic heterocycles. The topological polar surface area (TPSA) is 120 Å². The number of halogens is 2. The molecule has 1 aliphatic heterocycles. The number of thioether (sulfide) groups is 1. The van der Waals surface area contributed by atoms with E-state index in [1.807, 2.05) is 31.2 Å². The van der Waals surface area contributed by atoms with E-state index in [1.165, 1.54) is 24.3 Å². The number of esters is 1. The fraction of sp³-hybridized carbons (Fsp3) is 0.324. The summed E-state index contributed by atoms with van der Waals surface area (Å²) in [6.07, 6.45) is 3.21. The summed E-state index contributed by atoms with van der Waals surface area (Å²) >= 11 is 1.68. The summed E-state index contributed by atoms with van der Waals surface area (Å²) in [6.45, 7) is 6.37.